The Morgan fingerprint density at radius 2 is 2.10 bits per heavy atom. The van der Waals surface area contributed by atoms with Gasteiger partial charge in [0.2, 0.25) is 0 Å². The number of likely N-dealkylation sites (N-methyl/N-ethyl adjacent to an activating group) is 1. The lowest BCUT2D eigenvalue weighted by Gasteiger charge is -2.27. The highest BCUT2D eigenvalue weighted by atomic mass is 35.5. The van der Waals surface area contributed by atoms with Gasteiger partial charge in [0.25, 0.3) is 0 Å². The Kier molecular flexibility index (Phi) is 5.12. The van der Waals surface area contributed by atoms with E-state index in [0.717, 1.165) is 22.8 Å². The van der Waals surface area contributed by atoms with Crippen LogP contribution in [0.3, 0.4) is 0 Å². The van der Waals surface area contributed by atoms with Crippen LogP contribution >= 0.6 is 11.6 Å². The highest BCUT2D eigenvalue weighted by molar-refractivity contribution is 6.30. The fourth-order valence-corrected chi connectivity index (χ4v) is 2.49. The van der Waals surface area contributed by atoms with E-state index in [1.807, 2.05) is 37.4 Å². The number of rotatable bonds is 5. The maximum absolute atomic E-state index is 6.02. The van der Waals surface area contributed by atoms with Crippen LogP contribution in [0, 0.1) is 6.92 Å². The average Bonchev–Trinajstić information content (AvgIpc) is 2.42. The zero-order chi connectivity index (χ0) is 14.5. The van der Waals surface area contributed by atoms with Crippen molar-refractivity contribution in [3.8, 4) is 0 Å². The Morgan fingerprint density at radius 1 is 1.30 bits per heavy atom. The van der Waals surface area contributed by atoms with Crippen molar-refractivity contribution in [1.82, 2.24) is 9.88 Å². The molecule has 0 aliphatic carbocycles. The predicted molar refractivity (Wildman–Crippen MR) is 83.7 cm³/mol. The normalized spacial score (nSPS) is 12.7. The largest absolute Gasteiger partial charge is 0.329 e. The van der Waals surface area contributed by atoms with Crippen LogP contribution in [-0.4, -0.2) is 23.5 Å². The van der Waals surface area contributed by atoms with Crippen LogP contribution in [0.4, 0.5) is 0 Å². The first-order valence-electron chi connectivity index (χ1n) is 6.67. The predicted octanol–water partition coefficient (Wildman–Crippen LogP) is 3.18. The summed E-state index contributed by atoms with van der Waals surface area (Å²) in [6.45, 7) is 3.34. The molecule has 0 bridgehead atoms. The van der Waals surface area contributed by atoms with Gasteiger partial charge in [-0.3, -0.25) is 9.88 Å². The molecular formula is C16H20ClN3. The fraction of sp³-hybridized carbons (Fsp3) is 0.312. The molecule has 0 fully saturated rings. The van der Waals surface area contributed by atoms with E-state index in [1.165, 1.54) is 5.56 Å². The Labute approximate surface area is 125 Å². The highest BCUT2D eigenvalue weighted by Gasteiger charge is 2.16. The van der Waals surface area contributed by atoms with Gasteiger partial charge in [0.05, 0.1) is 0 Å². The lowest BCUT2D eigenvalue weighted by molar-refractivity contribution is 0.241. The van der Waals surface area contributed by atoms with Gasteiger partial charge in [-0.15, -0.1) is 0 Å². The Balaban J connectivity index is 2.13. The van der Waals surface area contributed by atoms with Crippen LogP contribution in [0.5, 0.6) is 0 Å². The van der Waals surface area contributed by atoms with E-state index in [2.05, 4.69) is 29.1 Å². The Bertz CT molecular complexity index is 554. The van der Waals surface area contributed by atoms with Crippen LogP contribution < -0.4 is 5.73 Å². The molecule has 106 valence electrons. The molecule has 0 spiro atoms. The van der Waals surface area contributed by atoms with E-state index < -0.39 is 0 Å². The molecular weight excluding hydrogens is 270 g/mol. The summed E-state index contributed by atoms with van der Waals surface area (Å²) in [6.07, 6.45) is 1.90. The molecule has 0 saturated heterocycles. The molecule has 2 rings (SSSR count). The summed E-state index contributed by atoms with van der Waals surface area (Å²) >= 11 is 6.02. The summed E-state index contributed by atoms with van der Waals surface area (Å²) in [5, 5.41) is 0.761. The third-order valence-electron chi connectivity index (χ3n) is 3.40. The number of aromatic nitrogens is 1. The zero-order valence-electron chi connectivity index (χ0n) is 11.9. The molecule has 1 heterocycles. The summed E-state index contributed by atoms with van der Waals surface area (Å²) in [6, 6.07) is 12.2. The van der Waals surface area contributed by atoms with E-state index in [0.29, 0.717) is 6.54 Å². The fourth-order valence-electron chi connectivity index (χ4n) is 2.28. The minimum atomic E-state index is 0.155. The maximum atomic E-state index is 6.02. The molecule has 2 aromatic rings. The monoisotopic (exact) mass is 289 g/mol. The summed E-state index contributed by atoms with van der Waals surface area (Å²) < 4.78 is 0. The molecule has 1 atom stereocenters. The number of hydrogen-bond acceptors (Lipinski definition) is 3. The second-order valence-corrected chi connectivity index (χ2v) is 5.47. The van der Waals surface area contributed by atoms with Crippen molar-refractivity contribution in [2.24, 2.45) is 5.73 Å². The van der Waals surface area contributed by atoms with E-state index in [4.69, 9.17) is 17.3 Å². The van der Waals surface area contributed by atoms with Crippen LogP contribution in [0.2, 0.25) is 5.02 Å². The van der Waals surface area contributed by atoms with Gasteiger partial charge in [-0.2, -0.15) is 0 Å². The molecule has 0 amide bonds. The van der Waals surface area contributed by atoms with Gasteiger partial charge in [0.1, 0.15) is 0 Å². The molecule has 0 saturated carbocycles. The lowest BCUT2D eigenvalue weighted by atomic mass is 10.1. The quantitative estimate of drug-likeness (QED) is 0.919. The first kappa shape index (κ1) is 15.0. The molecule has 0 radical (unpaired) electrons. The molecule has 1 aromatic heterocycles. The maximum Gasteiger partial charge on any atom is 0.0486 e. The van der Waals surface area contributed by atoms with Crippen LogP contribution in [-0.2, 0) is 6.54 Å². The van der Waals surface area contributed by atoms with Gasteiger partial charge in [0, 0.05) is 36.0 Å². The van der Waals surface area contributed by atoms with Crippen LogP contribution in [0.1, 0.15) is 22.9 Å². The van der Waals surface area contributed by atoms with Crippen LogP contribution in [0.25, 0.3) is 0 Å². The van der Waals surface area contributed by atoms with Gasteiger partial charge in [0.15, 0.2) is 0 Å². The number of aryl methyl sites for hydroxylation is 1. The second kappa shape index (κ2) is 6.84. The molecule has 4 heteroatoms. The van der Waals surface area contributed by atoms with E-state index >= 15 is 0 Å². The number of nitrogens with zero attached hydrogens (tertiary/aromatic N) is 2. The average molecular weight is 290 g/mol. The molecule has 3 nitrogen and oxygen atoms in total. The van der Waals surface area contributed by atoms with Gasteiger partial charge in [-0.1, -0.05) is 29.8 Å². The SMILES string of the molecule is Cc1ccc(C(CN)N(C)Cc2cccc(Cl)c2)cn1. The zero-order valence-corrected chi connectivity index (χ0v) is 12.6. The molecule has 20 heavy (non-hydrogen) atoms. The summed E-state index contributed by atoms with van der Waals surface area (Å²) in [5.41, 5.74) is 9.27. The molecule has 1 unspecified atom stereocenters. The summed E-state index contributed by atoms with van der Waals surface area (Å²) in [7, 11) is 2.07. The van der Waals surface area contributed by atoms with Gasteiger partial charge in [-0.25, -0.2) is 0 Å². The Morgan fingerprint density at radius 3 is 2.70 bits per heavy atom. The van der Waals surface area contributed by atoms with Gasteiger partial charge < -0.3 is 5.73 Å². The van der Waals surface area contributed by atoms with Crippen molar-refractivity contribution >= 4 is 11.6 Å². The summed E-state index contributed by atoms with van der Waals surface area (Å²) in [4.78, 5) is 6.57. The minimum absolute atomic E-state index is 0.155. The van der Waals surface area contributed by atoms with Crippen molar-refractivity contribution in [2.45, 2.75) is 19.5 Å². The number of halogens is 1. The van der Waals surface area contributed by atoms with E-state index in [-0.39, 0.29) is 6.04 Å². The van der Waals surface area contributed by atoms with E-state index in [9.17, 15) is 0 Å². The molecule has 0 aliphatic heterocycles. The van der Waals surface area contributed by atoms with Gasteiger partial charge in [-0.05, 0) is 43.3 Å². The summed E-state index contributed by atoms with van der Waals surface area (Å²) in [5.74, 6) is 0. The number of nitrogens with two attached hydrogens (primary N) is 1. The number of pyridine rings is 1. The van der Waals surface area contributed by atoms with Crippen molar-refractivity contribution < 1.29 is 0 Å². The van der Waals surface area contributed by atoms with Crippen molar-refractivity contribution in [3.05, 3.63) is 64.4 Å². The third-order valence-corrected chi connectivity index (χ3v) is 3.63. The number of benzene rings is 1. The lowest BCUT2D eigenvalue weighted by Crippen LogP contribution is -2.30. The first-order valence-corrected chi connectivity index (χ1v) is 7.05. The third kappa shape index (κ3) is 3.79. The van der Waals surface area contributed by atoms with Crippen molar-refractivity contribution in [1.29, 1.82) is 0 Å². The van der Waals surface area contributed by atoms with Crippen molar-refractivity contribution in [3.63, 3.8) is 0 Å². The highest BCUT2D eigenvalue weighted by Crippen LogP contribution is 2.21. The van der Waals surface area contributed by atoms with Gasteiger partial charge >= 0.3 is 0 Å². The van der Waals surface area contributed by atoms with Crippen LogP contribution in [0.15, 0.2) is 42.6 Å². The molecule has 0 aliphatic rings. The second-order valence-electron chi connectivity index (χ2n) is 5.03. The smallest absolute Gasteiger partial charge is 0.0486 e. The topological polar surface area (TPSA) is 42.1 Å². The molecule has 1 aromatic carbocycles. The molecule has 2 N–H and O–H groups in total. The first-order chi connectivity index (χ1) is 9.60. The van der Waals surface area contributed by atoms with Crippen molar-refractivity contribution in [2.75, 3.05) is 13.6 Å². The standard InChI is InChI=1S/C16H20ClN3/c1-12-6-7-14(10-19-12)16(9-18)20(2)11-13-4-3-5-15(17)8-13/h3-8,10,16H,9,11,18H2,1-2H3. The minimum Gasteiger partial charge on any atom is -0.329 e. The van der Waals surface area contributed by atoms with E-state index in [1.54, 1.807) is 0 Å². The number of hydrogen-bond donors (Lipinski definition) is 1. The Hall–Kier alpha value is -1.42.